The van der Waals surface area contributed by atoms with Crippen molar-refractivity contribution in [1.29, 1.82) is 0 Å². The van der Waals surface area contributed by atoms with Gasteiger partial charge in [0.1, 0.15) is 6.04 Å². The van der Waals surface area contributed by atoms with Gasteiger partial charge in [0.25, 0.3) is 5.91 Å². The number of benzene rings is 1. The number of ketones is 1. The van der Waals surface area contributed by atoms with Gasteiger partial charge in [-0.15, -0.1) is 0 Å². The van der Waals surface area contributed by atoms with Crippen LogP contribution in [-0.2, 0) is 9.59 Å². The molecule has 3 fully saturated rings. The Kier molecular flexibility index (Phi) is 5.72. The number of aryl methyl sites for hydroxylation is 1. The van der Waals surface area contributed by atoms with E-state index in [1.165, 1.54) is 19.3 Å². The van der Waals surface area contributed by atoms with Gasteiger partial charge in [0, 0.05) is 12.1 Å². The zero-order chi connectivity index (χ0) is 20.5. The van der Waals surface area contributed by atoms with Crippen molar-refractivity contribution in [3.63, 3.8) is 0 Å². The monoisotopic (exact) mass is 397 g/mol. The number of rotatable bonds is 4. The van der Waals surface area contributed by atoms with E-state index in [-0.39, 0.29) is 30.2 Å². The second kappa shape index (κ2) is 8.27. The van der Waals surface area contributed by atoms with Gasteiger partial charge < -0.3 is 15.5 Å². The van der Waals surface area contributed by atoms with Crippen LogP contribution in [0.1, 0.15) is 60.9 Å². The molecule has 6 nitrogen and oxygen atoms in total. The largest absolute Gasteiger partial charge is 0.329 e. The van der Waals surface area contributed by atoms with Gasteiger partial charge in [0.2, 0.25) is 5.91 Å². The Morgan fingerprint density at radius 2 is 1.76 bits per heavy atom. The summed E-state index contributed by atoms with van der Waals surface area (Å²) in [4.78, 5) is 42.1. The molecular weight excluding hydrogens is 366 g/mol. The van der Waals surface area contributed by atoms with Crippen LogP contribution in [0.5, 0.6) is 0 Å². The lowest BCUT2D eigenvalue weighted by Crippen LogP contribution is -2.50. The van der Waals surface area contributed by atoms with Crippen LogP contribution in [0.4, 0.5) is 0 Å². The van der Waals surface area contributed by atoms with E-state index < -0.39 is 12.1 Å². The summed E-state index contributed by atoms with van der Waals surface area (Å²) in [5.74, 6) is 0.207. The number of Topliss-reactive ketones (excluding diaryl/α,β-unsaturated/α-hetero) is 1. The smallest absolute Gasteiger partial charge is 0.254 e. The SMILES string of the molecule is Cc1ccc(C(=O)N2CC(=O)C3C2CCN3C(=O)[C@@H](N)CC2CCCCC2)cc1. The van der Waals surface area contributed by atoms with Gasteiger partial charge in [0.05, 0.1) is 18.6 Å². The van der Waals surface area contributed by atoms with Crippen LogP contribution in [0.2, 0.25) is 0 Å². The number of hydrogen-bond acceptors (Lipinski definition) is 4. The Balaban J connectivity index is 1.43. The third-order valence-corrected chi connectivity index (χ3v) is 6.89. The maximum Gasteiger partial charge on any atom is 0.254 e. The van der Waals surface area contributed by atoms with Crippen molar-refractivity contribution < 1.29 is 14.4 Å². The molecule has 6 heteroatoms. The maximum atomic E-state index is 13.0. The summed E-state index contributed by atoms with van der Waals surface area (Å²) < 4.78 is 0. The normalized spacial score (nSPS) is 25.9. The predicted octanol–water partition coefficient (Wildman–Crippen LogP) is 2.29. The fourth-order valence-electron chi connectivity index (χ4n) is 5.30. The van der Waals surface area contributed by atoms with Crippen LogP contribution in [-0.4, -0.2) is 58.6 Å². The Labute approximate surface area is 172 Å². The molecule has 0 aromatic heterocycles. The molecule has 4 rings (SSSR count). The first kappa shape index (κ1) is 20.1. The van der Waals surface area contributed by atoms with Gasteiger partial charge in [0.15, 0.2) is 5.78 Å². The van der Waals surface area contributed by atoms with Gasteiger partial charge >= 0.3 is 0 Å². The minimum Gasteiger partial charge on any atom is -0.329 e. The Morgan fingerprint density at radius 3 is 2.45 bits per heavy atom. The number of carbonyl (C=O) groups excluding carboxylic acids is 3. The van der Waals surface area contributed by atoms with Gasteiger partial charge in [-0.3, -0.25) is 14.4 Å². The van der Waals surface area contributed by atoms with Crippen LogP contribution in [0.25, 0.3) is 0 Å². The van der Waals surface area contributed by atoms with Crippen LogP contribution in [0.15, 0.2) is 24.3 Å². The van der Waals surface area contributed by atoms with Gasteiger partial charge in [-0.25, -0.2) is 0 Å². The standard InChI is InChI=1S/C23H31N3O3/c1-15-7-9-17(10-8-15)22(28)26-14-20(27)21-19(26)11-12-25(21)23(29)18(24)13-16-5-3-2-4-6-16/h7-10,16,18-19,21H,2-6,11-14,24H2,1H3/t18-,19?,21?/m0/s1. The molecule has 3 atom stereocenters. The Bertz CT molecular complexity index is 785. The van der Waals surface area contributed by atoms with E-state index >= 15 is 0 Å². The first-order valence-corrected chi connectivity index (χ1v) is 10.9. The highest BCUT2D eigenvalue weighted by Gasteiger charge is 2.51. The van der Waals surface area contributed by atoms with Gasteiger partial charge in [-0.1, -0.05) is 49.8 Å². The average molecular weight is 398 g/mol. The van der Waals surface area contributed by atoms with Gasteiger partial charge in [-0.05, 0) is 37.8 Å². The van der Waals surface area contributed by atoms with E-state index in [2.05, 4.69) is 0 Å². The summed E-state index contributed by atoms with van der Waals surface area (Å²) in [5.41, 5.74) is 7.94. The summed E-state index contributed by atoms with van der Waals surface area (Å²) in [6.45, 7) is 2.54. The van der Waals surface area contributed by atoms with Gasteiger partial charge in [-0.2, -0.15) is 0 Å². The first-order chi connectivity index (χ1) is 14.0. The summed E-state index contributed by atoms with van der Waals surface area (Å²) in [7, 11) is 0. The van der Waals surface area contributed by atoms with Crippen LogP contribution in [0.3, 0.4) is 0 Å². The van der Waals surface area contributed by atoms with Crippen molar-refractivity contribution in [3.8, 4) is 0 Å². The molecule has 2 N–H and O–H groups in total. The van der Waals surface area contributed by atoms with E-state index in [1.807, 2.05) is 19.1 Å². The topological polar surface area (TPSA) is 83.7 Å². The van der Waals surface area contributed by atoms with E-state index in [9.17, 15) is 14.4 Å². The van der Waals surface area contributed by atoms with Crippen molar-refractivity contribution >= 4 is 17.6 Å². The molecule has 156 valence electrons. The van der Waals surface area contributed by atoms with E-state index in [1.54, 1.807) is 21.9 Å². The quantitative estimate of drug-likeness (QED) is 0.845. The lowest BCUT2D eigenvalue weighted by molar-refractivity contribution is -0.137. The second-order valence-corrected chi connectivity index (χ2v) is 8.94. The lowest BCUT2D eigenvalue weighted by atomic mass is 9.84. The molecule has 2 amide bonds. The van der Waals surface area contributed by atoms with Crippen molar-refractivity contribution in [2.45, 2.75) is 70.0 Å². The molecule has 2 unspecified atom stereocenters. The molecule has 1 aromatic carbocycles. The molecule has 29 heavy (non-hydrogen) atoms. The van der Waals surface area contributed by atoms with Crippen LogP contribution >= 0.6 is 0 Å². The van der Waals surface area contributed by atoms with Crippen LogP contribution in [0, 0.1) is 12.8 Å². The number of likely N-dealkylation sites (tertiary alicyclic amines) is 2. The van der Waals surface area contributed by atoms with Crippen LogP contribution < -0.4 is 5.73 Å². The van der Waals surface area contributed by atoms with Crippen molar-refractivity contribution in [1.82, 2.24) is 9.80 Å². The Morgan fingerprint density at radius 1 is 1.07 bits per heavy atom. The zero-order valence-corrected chi connectivity index (χ0v) is 17.2. The minimum atomic E-state index is -0.550. The number of fused-ring (bicyclic) bond motifs is 1. The fraction of sp³-hybridized carbons (Fsp3) is 0.609. The van der Waals surface area contributed by atoms with Crippen molar-refractivity contribution in [2.24, 2.45) is 11.7 Å². The summed E-state index contributed by atoms with van der Waals surface area (Å²) in [6.07, 6.45) is 7.33. The highest BCUT2D eigenvalue weighted by Crippen LogP contribution is 2.32. The molecule has 1 saturated carbocycles. The molecule has 0 radical (unpaired) electrons. The Hall–Kier alpha value is -2.21. The molecule has 0 bridgehead atoms. The third kappa shape index (κ3) is 3.95. The molecule has 2 aliphatic heterocycles. The number of hydrogen-bond donors (Lipinski definition) is 1. The van der Waals surface area contributed by atoms with Crippen molar-refractivity contribution in [2.75, 3.05) is 13.1 Å². The molecule has 2 saturated heterocycles. The molecule has 3 aliphatic rings. The highest BCUT2D eigenvalue weighted by molar-refractivity contribution is 6.02. The lowest BCUT2D eigenvalue weighted by Gasteiger charge is -2.29. The van der Waals surface area contributed by atoms with E-state index in [0.717, 1.165) is 18.4 Å². The fourth-order valence-corrected chi connectivity index (χ4v) is 5.30. The van der Waals surface area contributed by atoms with E-state index in [0.29, 0.717) is 30.9 Å². The molecule has 2 heterocycles. The number of nitrogens with zero attached hydrogens (tertiary/aromatic N) is 2. The minimum absolute atomic E-state index is 0.0498. The molecule has 0 spiro atoms. The molecule has 1 aliphatic carbocycles. The van der Waals surface area contributed by atoms with Crippen molar-refractivity contribution in [3.05, 3.63) is 35.4 Å². The number of amides is 2. The molecular formula is C23H31N3O3. The second-order valence-electron chi connectivity index (χ2n) is 8.94. The number of nitrogens with two attached hydrogens (primary N) is 1. The average Bonchev–Trinajstić information content (AvgIpc) is 3.30. The molecule has 1 aromatic rings. The zero-order valence-electron chi connectivity index (χ0n) is 17.2. The first-order valence-electron chi connectivity index (χ1n) is 10.9. The number of carbonyl (C=O) groups is 3. The summed E-state index contributed by atoms with van der Waals surface area (Å²) in [6, 6.07) is 6.08. The summed E-state index contributed by atoms with van der Waals surface area (Å²) in [5, 5.41) is 0. The maximum absolute atomic E-state index is 13.0. The predicted molar refractivity (Wildman–Crippen MR) is 110 cm³/mol. The highest BCUT2D eigenvalue weighted by atomic mass is 16.2. The third-order valence-electron chi connectivity index (χ3n) is 6.89. The summed E-state index contributed by atoms with van der Waals surface area (Å²) >= 11 is 0. The van der Waals surface area contributed by atoms with E-state index in [4.69, 9.17) is 5.73 Å².